The molecule has 2 N–H and O–H groups in total. The molecule has 0 radical (unpaired) electrons. The van der Waals surface area contributed by atoms with Gasteiger partial charge in [-0.15, -0.1) is 11.8 Å². The predicted octanol–water partition coefficient (Wildman–Crippen LogP) is 0.932. The van der Waals surface area contributed by atoms with Crippen molar-refractivity contribution < 1.29 is 19.5 Å². The molecule has 0 spiro atoms. The van der Waals surface area contributed by atoms with E-state index in [4.69, 9.17) is 0 Å². The molecule has 2 saturated heterocycles. The molecular formula is C15H16N2O4S. The zero-order valence-corrected chi connectivity index (χ0v) is 13.0. The molecule has 0 aromatic heterocycles. The van der Waals surface area contributed by atoms with E-state index in [1.54, 1.807) is 44.2 Å². The Kier molecular flexibility index (Phi) is 3.40. The second kappa shape index (κ2) is 5.01. The van der Waals surface area contributed by atoms with Crippen LogP contribution in [0.2, 0.25) is 0 Å². The number of rotatable bonds is 3. The highest BCUT2D eigenvalue weighted by Gasteiger charge is 2.64. The first kappa shape index (κ1) is 14.9. The smallest absolute Gasteiger partial charge is 0.327 e. The third-order valence-electron chi connectivity index (χ3n) is 4.00. The van der Waals surface area contributed by atoms with Crippen molar-refractivity contribution in [1.29, 1.82) is 0 Å². The van der Waals surface area contributed by atoms with Crippen LogP contribution in [0.25, 0.3) is 0 Å². The van der Waals surface area contributed by atoms with Gasteiger partial charge in [0.15, 0.2) is 0 Å². The Morgan fingerprint density at radius 2 is 1.91 bits per heavy atom. The summed E-state index contributed by atoms with van der Waals surface area (Å²) >= 11 is 1.41. The van der Waals surface area contributed by atoms with Crippen molar-refractivity contribution in [2.75, 3.05) is 0 Å². The van der Waals surface area contributed by atoms with E-state index < -0.39 is 22.8 Å². The fourth-order valence-corrected chi connectivity index (χ4v) is 4.58. The molecule has 2 fully saturated rings. The fourth-order valence-electron chi connectivity index (χ4n) is 2.96. The lowest BCUT2D eigenvalue weighted by atomic mass is 9.96. The quantitative estimate of drug-likeness (QED) is 0.809. The average molecular weight is 320 g/mol. The number of benzene rings is 1. The molecule has 0 unspecified atom stereocenters. The van der Waals surface area contributed by atoms with E-state index in [1.165, 1.54) is 16.7 Å². The van der Waals surface area contributed by atoms with E-state index in [0.29, 0.717) is 5.56 Å². The molecule has 0 saturated carbocycles. The third-order valence-corrected chi connectivity index (χ3v) is 5.57. The molecule has 1 aromatic rings. The minimum atomic E-state index is -1.01. The summed E-state index contributed by atoms with van der Waals surface area (Å²) in [6, 6.07) is 7.11. The Balaban J connectivity index is 1.76. The van der Waals surface area contributed by atoms with Crippen LogP contribution in [0.5, 0.6) is 0 Å². The van der Waals surface area contributed by atoms with Crippen molar-refractivity contribution in [2.24, 2.45) is 0 Å². The van der Waals surface area contributed by atoms with Gasteiger partial charge in [0.25, 0.3) is 5.91 Å². The van der Waals surface area contributed by atoms with E-state index in [0.717, 1.165) is 0 Å². The minimum Gasteiger partial charge on any atom is -0.480 e. The number of carbonyl (C=O) groups is 3. The standard InChI is InChI=1S/C15H16N2O4S/c1-15(2)10(14(20)21)17-12(19)9(13(17)22-15)16-11(18)8-6-4-3-5-7-8/h3-7,9-10,13H,1-2H3,(H,16,18)(H,20,21)/t9-,10+,13-/m1/s1. The number of fused-ring (bicyclic) bond motifs is 1. The molecular weight excluding hydrogens is 304 g/mol. The minimum absolute atomic E-state index is 0.323. The van der Waals surface area contributed by atoms with Crippen molar-refractivity contribution in [2.45, 2.75) is 36.1 Å². The topological polar surface area (TPSA) is 86.7 Å². The third kappa shape index (κ3) is 2.16. The molecule has 2 aliphatic rings. The van der Waals surface area contributed by atoms with E-state index in [1.807, 2.05) is 0 Å². The Morgan fingerprint density at radius 3 is 2.50 bits per heavy atom. The molecule has 1 aromatic carbocycles. The Hall–Kier alpha value is -2.02. The lowest BCUT2D eigenvalue weighted by Gasteiger charge is -2.43. The van der Waals surface area contributed by atoms with Gasteiger partial charge in [0, 0.05) is 10.3 Å². The van der Waals surface area contributed by atoms with Crippen molar-refractivity contribution in [3.63, 3.8) is 0 Å². The van der Waals surface area contributed by atoms with Gasteiger partial charge in [-0.25, -0.2) is 4.79 Å². The lowest BCUT2D eigenvalue weighted by Crippen LogP contribution is -2.70. The molecule has 22 heavy (non-hydrogen) atoms. The molecule has 6 nitrogen and oxygen atoms in total. The van der Waals surface area contributed by atoms with Gasteiger partial charge in [-0.05, 0) is 26.0 Å². The molecule has 0 bridgehead atoms. The zero-order chi connectivity index (χ0) is 16.1. The largest absolute Gasteiger partial charge is 0.480 e. The van der Waals surface area contributed by atoms with Crippen LogP contribution >= 0.6 is 11.8 Å². The van der Waals surface area contributed by atoms with Gasteiger partial charge in [0.05, 0.1) is 0 Å². The van der Waals surface area contributed by atoms with Crippen LogP contribution < -0.4 is 5.32 Å². The highest BCUT2D eigenvalue weighted by Crippen LogP contribution is 2.50. The number of aliphatic carboxylic acids is 1. The predicted molar refractivity (Wildman–Crippen MR) is 81.4 cm³/mol. The molecule has 0 aliphatic carbocycles. The monoisotopic (exact) mass is 320 g/mol. The molecule has 3 rings (SSSR count). The van der Waals surface area contributed by atoms with Gasteiger partial charge in [-0.2, -0.15) is 0 Å². The SMILES string of the molecule is CC1(C)S[C@@H]2[C@H](NC(=O)c3ccccc3)C(=O)N2[C@H]1C(=O)O. The van der Waals surface area contributed by atoms with Crippen molar-refractivity contribution in [3.05, 3.63) is 35.9 Å². The maximum atomic E-state index is 12.2. The summed E-state index contributed by atoms with van der Waals surface area (Å²) in [7, 11) is 0. The van der Waals surface area contributed by atoms with Crippen molar-refractivity contribution in [1.82, 2.24) is 10.2 Å². The van der Waals surface area contributed by atoms with Gasteiger partial charge in [0.1, 0.15) is 17.5 Å². The van der Waals surface area contributed by atoms with E-state index in [2.05, 4.69) is 5.32 Å². The Morgan fingerprint density at radius 1 is 1.27 bits per heavy atom. The van der Waals surface area contributed by atoms with Crippen molar-refractivity contribution >= 4 is 29.5 Å². The molecule has 3 atom stereocenters. The van der Waals surface area contributed by atoms with Gasteiger partial charge in [0.2, 0.25) is 5.91 Å². The second-order valence-electron chi connectivity index (χ2n) is 5.92. The number of hydrogen-bond acceptors (Lipinski definition) is 4. The fraction of sp³-hybridized carbons (Fsp3) is 0.400. The first-order chi connectivity index (χ1) is 10.3. The molecule has 7 heteroatoms. The van der Waals surface area contributed by atoms with Gasteiger partial charge in [-0.3, -0.25) is 9.59 Å². The summed E-state index contributed by atoms with van der Waals surface area (Å²) < 4.78 is -0.585. The summed E-state index contributed by atoms with van der Waals surface area (Å²) in [6.45, 7) is 3.61. The van der Waals surface area contributed by atoms with Gasteiger partial charge >= 0.3 is 5.97 Å². The number of amides is 2. The Labute approximate surface area is 131 Å². The first-order valence-electron chi connectivity index (χ1n) is 6.91. The molecule has 2 heterocycles. The number of thioether (sulfide) groups is 1. The van der Waals surface area contributed by atoms with Crippen LogP contribution in [0.15, 0.2) is 30.3 Å². The summed E-state index contributed by atoms with van der Waals surface area (Å²) in [5, 5.41) is 11.7. The summed E-state index contributed by atoms with van der Waals surface area (Å²) in [5.74, 6) is -1.67. The van der Waals surface area contributed by atoms with Crippen LogP contribution in [0.1, 0.15) is 24.2 Å². The van der Waals surface area contributed by atoms with Crippen LogP contribution in [0, 0.1) is 0 Å². The number of β-lactam (4-membered cyclic amide) rings is 1. The number of nitrogens with zero attached hydrogens (tertiary/aromatic N) is 1. The molecule has 2 amide bonds. The van der Waals surface area contributed by atoms with Crippen LogP contribution in [0.3, 0.4) is 0 Å². The number of hydrogen-bond donors (Lipinski definition) is 2. The van der Waals surface area contributed by atoms with Crippen LogP contribution in [-0.4, -0.2) is 50.0 Å². The van der Waals surface area contributed by atoms with E-state index >= 15 is 0 Å². The first-order valence-corrected chi connectivity index (χ1v) is 7.79. The van der Waals surface area contributed by atoms with E-state index in [9.17, 15) is 19.5 Å². The number of carboxylic acids is 1. The highest BCUT2D eigenvalue weighted by atomic mass is 32.2. The summed E-state index contributed by atoms with van der Waals surface area (Å²) in [4.78, 5) is 37.2. The van der Waals surface area contributed by atoms with Gasteiger partial charge < -0.3 is 15.3 Å². The van der Waals surface area contributed by atoms with Crippen molar-refractivity contribution in [3.8, 4) is 0 Å². The maximum absolute atomic E-state index is 12.2. The van der Waals surface area contributed by atoms with Gasteiger partial charge in [-0.1, -0.05) is 18.2 Å². The number of nitrogens with one attached hydrogen (secondary N) is 1. The lowest BCUT2D eigenvalue weighted by molar-refractivity contribution is -0.159. The molecule has 2 aliphatic heterocycles. The van der Waals surface area contributed by atoms with Crippen LogP contribution in [0.4, 0.5) is 0 Å². The second-order valence-corrected chi connectivity index (χ2v) is 7.69. The highest BCUT2D eigenvalue weighted by molar-refractivity contribution is 8.01. The summed E-state index contributed by atoms with van der Waals surface area (Å²) in [5.41, 5.74) is 0.478. The Bertz CT molecular complexity index is 646. The normalized spacial score (nSPS) is 28.7. The molecule has 116 valence electrons. The zero-order valence-electron chi connectivity index (χ0n) is 12.1. The summed E-state index contributed by atoms with van der Waals surface area (Å²) in [6.07, 6.45) is 0. The maximum Gasteiger partial charge on any atom is 0.327 e. The average Bonchev–Trinajstić information content (AvgIpc) is 2.74. The number of carboxylic acid groups (broad SMARTS) is 1. The number of carbonyl (C=O) groups excluding carboxylic acids is 2. The van der Waals surface area contributed by atoms with E-state index in [-0.39, 0.29) is 17.2 Å². The van der Waals surface area contributed by atoms with Crippen LogP contribution in [-0.2, 0) is 9.59 Å².